The van der Waals surface area contributed by atoms with E-state index in [0.29, 0.717) is 17.0 Å². The molecule has 5 rings (SSSR count). The van der Waals surface area contributed by atoms with Gasteiger partial charge in [0.05, 0.1) is 5.69 Å². The van der Waals surface area contributed by atoms with Crippen LogP contribution in [0.4, 0.5) is 4.39 Å². The molecule has 9 nitrogen and oxygen atoms in total. The second-order valence-corrected chi connectivity index (χ2v) is 7.14. The normalized spacial score (nSPS) is 11.3. The van der Waals surface area contributed by atoms with Crippen molar-refractivity contribution < 1.29 is 8.91 Å². The first-order chi connectivity index (χ1) is 15.0. The van der Waals surface area contributed by atoms with Crippen LogP contribution in [0.15, 0.2) is 58.1 Å². The van der Waals surface area contributed by atoms with Crippen molar-refractivity contribution >= 4 is 11.2 Å². The molecule has 0 saturated heterocycles. The Labute approximate surface area is 174 Å². The molecule has 0 saturated carbocycles. The summed E-state index contributed by atoms with van der Waals surface area (Å²) in [6.45, 7) is 4.05. The second-order valence-electron chi connectivity index (χ2n) is 7.14. The van der Waals surface area contributed by atoms with Crippen molar-refractivity contribution in [1.82, 2.24) is 34.7 Å². The molecule has 3 aromatic heterocycles. The van der Waals surface area contributed by atoms with Crippen molar-refractivity contribution in [3.63, 3.8) is 0 Å². The molecule has 0 radical (unpaired) electrons. The van der Waals surface area contributed by atoms with E-state index in [1.165, 1.54) is 27.7 Å². The number of rotatable bonds is 4. The molecule has 0 spiro atoms. The topological polar surface area (TPSA) is 105 Å². The Morgan fingerprint density at radius 1 is 1.06 bits per heavy atom. The maximum atomic E-state index is 13.1. The SMILES string of the molecule is Cc1ccc(-n2nnc3c(=O)n(Cc4nc(-c5ccc(F)cc5)no4)cnc32)cc1C. The van der Waals surface area contributed by atoms with Gasteiger partial charge in [-0.15, -0.1) is 5.10 Å². The summed E-state index contributed by atoms with van der Waals surface area (Å²) >= 11 is 0. The summed E-state index contributed by atoms with van der Waals surface area (Å²) < 4.78 is 21.2. The van der Waals surface area contributed by atoms with Gasteiger partial charge < -0.3 is 4.52 Å². The zero-order valence-corrected chi connectivity index (χ0v) is 16.7. The lowest BCUT2D eigenvalue weighted by molar-refractivity contribution is 0.369. The largest absolute Gasteiger partial charge is 0.337 e. The zero-order valence-electron chi connectivity index (χ0n) is 16.7. The summed E-state index contributed by atoms with van der Waals surface area (Å²) in [5.74, 6) is 0.161. The molecule has 0 aliphatic rings. The molecular weight excluding hydrogens is 401 g/mol. The van der Waals surface area contributed by atoms with Crippen LogP contribution in [0.25, 0.3) is 28.2 Å². The van der Waals surface area contributed by atoms with E-state index in [1.807, 2.05) is 32.0 Å². The van der Waals surface area contributed by atoms with Crippen molar-refractivity contribution in [3.05, 3.63) is 82.0 Å². The van der Waals surface area contributed by atoms with Crippen LogP contribution < -0.4 is 5.56 Å². The summed E-state index contributed by atoms with van der Waals surface area (Å²) in [6, 6.07) is 11.6. The molecule has 5 aromatic rings. The predicted molar refractivity (Wildman–Crippen MR) is 109 cm³/mol. The first-order valence-corrected chi connectivity index (χ1v) is 9.46. The van der Waals surface area contributed by atoms with E-state index >= 15 is 0 Å². The van der Waals surface area contributed by atoms with E-state index in [9.17, 15) is 9.18 Å². The standard InChI is InChI=1S/C21H16FN7O2/c1-12-3-8-16(9-13(12)2)29-20-18(25-27-29)21(30)28(11-23-20)10-17-24-19(26-31-17)14-4-6-15(22)7-5-14/h3-9,11H,10H2,1-2H3. The minimum atomic E-state index is -0.374. The third kappa shape index (κ3) is 3.37. The number of halogens is 1. The minimum Gasteiger partial charge on any atom is -0.337 e. The van der Waals surface area contributed by atoms with E-state index < -0.39 is 0 Å². The van der Waals surface area contributed by atoms with Gasteiger partial charge in [-0.05, 0) is 61.4 Å². The lowest BCUT2D eigenvalue weighted by Gasteiger charge is -2.05. The smallest absolute Gasteiger partial charge is 0.284 e. The van der Waals surface area contributed by atoms with Gasteiger partial charge in [-0.25, -0.2) is 9.37 Å². The molecule has 0 N–H and O–H groups in total. The molecule has 0 aliphatic carbocycles. The van der Waals surface area contributed by atoms with Crippen molar-refractivity contribution in [3.8, 4) is 17.1 Å². The highest BCUT2D eigenvalue weighted by Crippen LogP contribution is 2.18. The highest BCUT2D eigenvalue weighted by atomic mass is 19.1. The van der Waals surface area contributed by atoms with Crippen LogP contribution in [-0.4, -0.2) is 34.7 Å². The summed E-state index contributed by atoms with van der Waals surface area (Å²) in [4.78, 5) is 21.5. The first kappa shape index (κ1) is 18.8. The average Bonchev–Trinajstić information content (AvgIpc) is 3.40. The van der Waals surface area contributed by atoms with Crippen molar-refractivity contribution in [2.45, 2.75) is 20.4 Å². The van der Waals surface area contributed by atoms with Gasteiger partial charge in [0.1, 0.15) is 18.7 Å². The van der Waals surface area contributed by atoms with Gasteiger partial charge >= 0.3 is 0 Å². The molecule has 154 valence electrons. The monoisotopic (exact) mass is 417 g/mol. The van der Waals surface area contributed by atoms with Gasteiger partial charge in [-0.1, -0.05) is 16.4 Å². The van der Waals surface area contributed by atoms with Crippen molar-refractivity contribution in [2.75, 3.05) is 0 Å². The number of hydrogen-bond acceptors (Lipinski definition) is 7. The van der Waals surface area contributed by atoms with Crippen LogP contribution in [0.1, 0.15) is 17.0 Å². The van der Waals surface area contributed by atoms with Gasteiger partial charge in [-0.2, -0.15) is 9.67 Å². The molecular formula is C21H16FN7O2. The summed E-state index contributed by atoms with van der Waals surface area (Å²) in [7, 11) is 0. The predicted octanol–water partition coefficient (Wildman–Crippen LogP) is 2.83. The fraction of sp³-hybridized carbons (Fsp3) is 0.143. The molecule has 0 amide bonds. The number of benzene rings is 2. The summed E-state index contributed by atoms with van der Waals surface area (Å²) in [6.07, 6.45) is 1.40. The summed E-state index contributed by atoms with van der Waals surface area (Å²) in [5, 5.41) is 12.0. The Morgan fingerprint density at radius 3 is 2.65 bits per heavy atom. The maximum absolute atomic E-state index is 13.1. The molecule has 0 atom stereocenters. The molecule has 3 heterocycles. The Balaban J connectivity index is 1.47. The fourth-order valence-corrected chi connectivity index (χ4v) is 3.17. The number of aryl methyl sites for hydroxylation is 2. The van der Waals surface area contributed by atoms with Crippen molar-refractivity contribution in [1.29, 1.82) is 0 Å². The highest BCUT2D eigenvalue weighted by Gasteiger charge is 2.16. The lowest BCUT2D eigenvalue weighted by atomic mass is 10.1. The quantitative estimate of drug-likeness (QED) is 0.443. The maximum Gasteiger partial charge on any atom is 0.284 e. The number of fused-ring (bicyclic) bond motifs is 1. The lowest BCUT2D eigenvalue weighted by Crippen LogP contribution is -2.21. The molecule has 31 heavy (non-hydrogen) atoms. The molecule has 0 unspecified atom stereocenters. The molecule has 0 aliphatic heterocycles. The van der Waals surface area contributed by atoms with Crippen LogP contribution in [-0.2, 0) is 6.54 Å². The van der Waals surface area contributed by atoms with Gasteiger partial charge in [0.25, 0.3) is 5.56 Å². The molecule has 0 bridgehead atoms. The second kappa shape index (κ2) is 7.24. The van der Waals surface area contributed by atoms with Gasteiger partial charge in [0.2, 0.25) is 11.7 Å². The molecule has 0 fully saturated rings. The van der Waals surface area contributed by atoms with Gasteiger partial charge in [0, 0.05) is 5.56 Å². The van der Waals surface area contributed by atoms with Gasteiger partial charge in [-0.3, -0.25) is 9.36 Å². The van der Waals surface area contributed by atoms with E-state index in [0.717, 1.165) is 16.8 Å². The number of hydrogen-bond donors (Lipinski definition) is 0. The fourth-order valence-electron chi connectivity index (χ4n) is 3.17. The van der Waals surface area contributed by atoms with Crippen LogP contribution in [0, 0.1) is 19.7 Å². The molecule has 2 aromatic carbocycles. The Morgan fingerprint density at radius 2 is 1.87 bits per heavy atom. The van der Waals surface area contributed by atoms with Crippen LogP contribution in [0.3, 0.4) is 0 Å². The zero-order chi connectivity index (χ0) is 21.5. The molecule has 10 heteroatoms. The van der Waals surface area contributed by atoms with E-state index in [-0.39, 0.29) is 29.3 Å². The van der Waals surface area contributed by atoms with E-state index in [2.05, 4.69) is 25.4 Å². The van der Waals surface area contributed by atoms with Crippen LogP contribution in [0.2, 0.25) is 0 Å². The van der Waals surface area contributed by atoms with Crippen molar-refractivity contribution in [2.24, 2.45) is 0 Å². The third-order valence-electron chi connectivity index (χ3n) is 5.04. The Hall–Kier alpha value is -4.21. The van der Waals surface area contributed by atoms with E-state index in [4.69, 9.17) is 4.52 Å². The van der Waals surface area contributed by atoms with E-state index in [1.54, 1.807) is 12.1 Å². The Bertz CT molecular complexity index is 1470. The third-order valence-corrected chi connectivity index (χ3v) is 5.04. The minimum absolute atomic E-state index is 0.0203. The van der Waals surface area contributed by atoms with Crippen LogP contribution in [0.5, 0.6) is 0 Å². The highest BCUT2D eigenvalue weighted by molar-refractivity contribution is 5.70. The van der Waals surface area contributed by atoms with Crippen LogP contribution >= 0.6 is 0 Å². The summed E-state index contributed by atoms with van der Waals surface area (Å²) in [5.41, 5.74) is 3.76. The number of nitrogens with zero attached hydrogens (tertiary/aromatic N) is 7. The first-order valence-electron chi connectivity index (χ1n) is 9.46. The average molecular weight is 417 g/mol. The Kier molecular flexibility index (Phi) is 4.39. The number of aromatic nitrogens is 7. The van der Waals surface area contributed by atoms with Gasteiger partial charge in [0.15, 0.2) is 11.2 Å².